The van der Waals surface area contributed by atoms with Crippen LogP contribution in [0.5, 0.6) is 0 Å². The Bertz CT molecular complexity index is 622. The zero-order chi connectivity index (χ0) is 14.7. The van der Waals surface area contributed by atoms with Gasteiger partial charge in [-0.25, -0.2) is 4.98 Å². The summed E-state index contributed by atoms with van der Waals surface area (Å²) in [4.78, 5) is 18.1. The van der Waals surface area contributed by atoms with Gasteiger partial charge >= 0.3 is 0 Å². The molecule has 0 atom stereocenters. The summed E-state index contributed by atoms with van der Waals surface area (Å²) in [5.74, 6) is 5.12. The maximum atomic E-state index is 12.4. The second-order valence-electron chi connectivity index (χ2n) is 4.73. The number of aryl methyl sites for hydroxylation is 2. The number of nitrogens with zero attached hydrogens (tertiary/aromatic N) is 2. The summed E-state index contributed by atoms with van der Waals surface area (Å²) in [5.41, 5.74) is 6.63. The summed E-state index contributed by atoms with van der Waals surface area (Å²) in [6.07, 6.45) is 1.53. The fourth-order valence-corrected chi connectivity index (χ4v) is 2.07. The number of hydrogen-bond donors (Lipinski definition) is 2. The van der Waals surface area contributed by atoms with E-state index in [-0.39, 0.29) is 5.91 Å². The molecule has 0 spiro atoms. The molecule has 0 saturated carbocycles. The molecule has 1 heterocycles. The first-order valence-corrected chi connectivity index (χ1v) is 6.31. The monoisotopic (exact) mass is 270 g/mol. The molecule has 0 aliphatic rings. The van der Waals surface area contributed by atoms with E-state index in [2.05, 4.69) is 10.4 Å². The smallest absolute Gasteiger partial charge is 0.276 e. The normalized spacial score (nSPS) is 10.2. The van der Waals surface area contributed by atoms with E-state index in [0.717, 1.165) is 11.3 Å². The minimum Gasteiger partial charge on any atom is -0.323 e. The number of benzene rings is 1. The average molecular weight is 270 g/mol. The van der Waals surface area contributed by atoms with E-state index in [4.69, 9.17) is 5.84 Å². The molecule has 0 saturated heterocycles. The van der Waals surface area contributed by atoms with Crippen molar-refractivity contribution >= 4 is 17.3 Å². The molecular formula is C15H18N4O. The molecule has 2 aromatic rings. The number of hydrogen-bond acceptors (Lipinski definition) is 4. The first-order chi connectivity index (χ1) is 9.52. The second-order valence-corrected chi connectivity index (χ2v) is 4.73. The van der Waals surface area contributed by atoms with E-state index < -0.39 is 0 Å². The molecule has 0 radical (unpaired) electrons. The highest BCUT2D eigenvalue weighted by Gasteiger charge is 2.16. The highest BCUT2D eigenvalue weighted by Crippen LogP contribution is 2.21. The predicted octanol–water partition coefficient (Wildman–Crippen LogP) is 2.26. The Labute approximate surface area is 118 Å². The number of hydrazine groups is 1. The van der Waals surface area contributed by atoms with Crippen molar-refractivity contribution in [3.05, 3.63) is 53.3 Å². The SMILES string of the molecule is Cc1ccc(N(C)C(=O)c2ccc(NN)cn2)c(C)c1. The Balaban J connectivity index is 2.27. The number of anilines is 2. The largest absolute Gasteiger partial charge is 0.323 e. The van der Waals surface area contributed by atoms with Crippen molar-refractivity contribution < 1.29 is 4.79 Å². The standard InChI is InChI=1S/C15H18N4O/c1-10-4-7-14(11(2)8-10)19(3)15(20)13-6-5-12(18-16)9-17-13/h4-9,18H,16H2,1-3H3. The summed E-state index contributed by atoms with van der Waals surface area (Å²) in [6, 6.07) is 9.35. The van der Waals surface area contributed by atoms with Gasteiger partial charge in [0.25, 0.3) is 5.91 Å². The van der Waals surface area contributed by atoms with Gasteiger partial charge in [0.1, 0.15) is 5.69 Å². The van der Waals surface area contributed by atoms with Crippen molar-refractivity contribution in [3.63, 3.8) is 0 Å². The number of pyridine rings is 1. The lowest BCUT2D eigenvalue weighted by atomic mass is 10.1. The minimum atomic E-state index is -0.152. The molecule has 0 bridgehead atoms. The Kier molecular flexibility index (Phi) is 4.00. The lowest BCUT2D eigenvalue weighted by Crippen LogP contribution is -2.27. The zero-order valence-electron chi connectivity index (χ0n) is 11.8. The van der Waals surface area contributed by atoms with E-state index in [0.29, 0.717) is 11.4 Å². The molecule has 1 aromatic carbocycles. The third-order valence-electron chi connectivity index (χ3n) is 3.17. The maximum absolute atomic E-state index is 12.4. The van der Waals surface area contributed by atoms with Crippen LogP contribution < -0.4 is 16.2 Å². The van der Waals surface area contributed by atoms with Gasteiger partial charge in [-0.3, -0.25) is 10.6 Å². The van der Waals surface area contributed by atoms with Crippen LogP contribution in [0.3, 0.4) is 0 Å². The average Bonchev–Trinajstić information content (AvgIpc) is 2.46. The van der Waals surface area contributed by atoms with Crippen LogP contribution in [0.2, 0.25) is 0 Å². The maximum Gasteiger partial charge on any atom is 0.276 e. The predicted molar refractivity (Wildman–Crippen MR) is 80.7 cm³/mol. The summed E-state index contributed by atoms with van der Waals surface area (Å²) in [6.45, 7) is 4.01. The third kappa shape index (κ3) is 2.78. The fraction of sp³-hybridized carbons (Fsp3) is 0.200. The quantitative estimate of drug-likeness (QED) is 0.663. The summed E-state index contributed by atoms with van der Waals surface area (Å²) in [7, 11) is 1.75. The van der Waals surface area contributed by atoms with Crippen molar-refractivity contribution in [2.45, 2.75) is 13.8 Å². The topological polar surface area (TPSA) is 71.2 Å². The van der Waals surface area contributed by atoms with Crippen molar-refractivity contribution in [1.82, 2.24) is 4.98 Å². The van der Waals surface area contributed by atoms with E-state index in [9.17, 15) is 4.79 Å². The summed E-state index contributed by atoms with van der Waals surface area (Å²) >= 11 is 0. The van der Waals surface area contributed by atoms with E-state index in [1.807, 2.05) is 32.0 Å². The molecule has 0 fully saturated rings. The van der Waals surface area contributed by atoms with Gasteiger partial charge in [0.15, 0.2) is 0 Å². The molecule has 2 rings (SSSR count). The highest BCUT2D eigenvalue weighted by molar-refractivity contribution is 6.04. The number of nitrogens with two attached hydrogens (primary N) is 1. The van der Waals surface area contributed by atoms with Gasteiger partial charge in [-0.2, -0.15) is 0 Å². The second kappa shape index (κ2) is 5.71. The van der Waals surface area contributed by atoms with Gasteiger partial charge in [0.2, 0.25) is 0 Å². The van der Waals surface area contributed by atoms with Crippen LogP contribution in [0.15, 0.2) is 36.5 Å². The molecule has 0 aliphatic heterocycles. The van der Waals surface area contributed by atoms with Gasteiger partial charge in [-0.15, -0.1) is 0 Å². The Morgan fingerprint density at radius 3 is 2.55 bits per heavy atom. The van der Waals surface area contributed by atoms with E-state index in [1.165, 1.54) is 11.8 Å². The molecular weight excluding hydrogens is 252 g/mol. The lowest BCUT2D eigenvalue weighted by Gasteiger charge is -2.19. The number of aromatic nitrogens is 1. The zero-order valence-corrected chi connectivity index (χ0v) is 11.8. The molecule has 5 heteroatoms. The van der Waals surface area contributed by atoms with Crippen LogP contribution >= 0.6 is 0 Å². The highest BCUT2D eigenvalue weighted by atomic mass is 16.2. The number of nitrogen functional groups attached to an aromatic ring is 1. The molecule has 0 aliphatic carbocycles. The molecule has 20 heavy (non-hydrogen) atoms. The number of amides is 1. The van der Waals surface area contributed by atoms with Crippen LogP contribution in [0.4, 0.5) is 11.4 Å². The Morgan fingerprint density at radius 2 is 2.00 bits per heavy atom. The lowest BCUT2D eigenvalue weighted by molar-refractivity contribution is 0.0988. The van der Waals surface area contributed by atoms with Gasteiger partial charge in [0, 0.05) is 12.7 Å². The van der Waals surface area contributed by atoms with Crippen molar-refractivity contribution in [2.24, 2.45) is 5.84 Å². The van der Waals surface area contributed by atoms with Crippen LogP contribution in [-0.4, -0.2) is 17.9 Å². The van der Waals surface area contributed by atoms with Crippen molar-refractivity contribution in [2.75, 3.05) is 17.4 Å². The Morgan fingerprint density at radius 1 is 1.25 bits per heavy atom. The molecule has 1 amide bonds. The van der Waals surface area contributed by atoms with Crippen LogP contribution in [-0.2, 0) is 0 Å². The summed E-state index contributed by atoms with van der Waals surface area (Å²) in [5, 5.41) is 0. The van der Waals surface area contributed by atoms with Gasteiger partial charge in [0.05, 0.1) is 11.9 Å². The molecule has 1 aromatic heterocycles. The van der Waals surface area contributed by atoms with Crippen molar-refractivity contribution in [1.29, 1.82) is 0 Å². The molecule has 104 valence electrons. The first-order valence-electron chi connectivity index (χ1n) is 6.31. The van der Waals surface area contributed by atoms with Crippen LogP contribution in [0, 0.1) is 13.8 Å². The number of rotatable bonds is 3. The molecule has 3 N–H and O–H groups in total. The van der Waals surface area contributed by atoms with Gasteiger partial charge < -0.3 is 10.3 Å². The number of carbonyl (C=O) groups is 1. The van der Waals surface area contributed by atoms with Crippen LogP contribution in [0.25, 0.3) is 0 Å². The fourth-order valence-electron chi connectivity index (χ4n) is 2.07. The van der Waals surface area contributed by atoms with Gasteiger partial charge in [-0.1, -0.05) is 17.7 Å². The van der Waals surface area contributed by atoms with Gasteiger partial charge in [-0.05, 0) is 37.6 Å². The number of nitrogens with one attached hydrogen (secondary N) is 1. The van der Waals surface area contributed by atoms with Crippen molar-refractivity contribution in [3.8, 4) is 0 Å². The van der Waals surface area contributed by atoms with E-state index in [1.54, 1.807) is 24.1 Å². The summed E-state index contributed by atoms with van der Waals surface area (Å²) < 4.78 is 0. The molecule has 0 unspecified atom stereocenters. The Hall–Kier alpha value is -2.40. The molecule has 5 nitrogen and oxygen atoms in total. The minimum absolute atomic E-state index is 0.152. The van der Waals surface area contributed by atoms with Crippen LogP contribution in [0.1, 0.15) is 21.6 Å². The third-order valence-corrected chi connectivity index (χ3v) is 3.17. The number of carbonyl (C=O) groups excluding carboxylic acids is 1. The first kappa shape index (κ1) is 14.0. The van der Waals surface area contributed by atoms with E-state index >= 15 is 0 Å².